The Morgan fingerprint density at radius 3 is 2.52 bits per heavy atom. The number of piperidine rings is 1. The Morgan fingerprint density at radius 1 is 1.09 bits per heavy atom. The van der Waals surface area contributed by atoms with E-state index in [9.17, 15) is 9.18 Å². The van der Waals surface area contributed by atoms with E-state index in [0.29, 0.717) is 5.56 Å². The number of carbonyl (C=O) groups is 1. The molecule has 0 aliphatic carbocycles. The van der Waals surface area contributed by atoms with Crippen molar-refractivity contribution in [3.63, 3.8) is 0 Å². The van der Waals surface area contributed by atoms with Gasteiger partial charge in [0, 0.05) is 6.04 Å². The predicted octanol–water partition coefficient (Wildman–Crippen LogP) is 4.51. The largest absolute Gasteiger partial charge is 0.333 e. The lowest BCUT2D eigenvalue weighted by molar-refractivity contribution is -0.137. The molecule has 0 radical (unpaired) electrons. The Bertz CT molecular complexity index is 670. The van der Waals surface area contributed by atoms with Gasteiger partial charge in [0.1, 0.15) is 5.82 Å². The fourth-order valence-electron chi connectivity index (χ4n) is 3.51. The molecule has 0 aromatic heterocycles. The highest BCUT2D eigenvalue weighted by Gasteiger charge is 2.32. The smallest absolute Gasteiger partial charge is 0.227 e. The van der Waals surface area contributed by atoms with Gasteiger partial charge in [-0.1, -0.05) is 48.5 Å². The first-order valence-electron chi connectivity index (χ1n) is 8.26. The molecule has 120 valence electrons. The third kappa shape index (κ3) is 3.44. The quantitative estimate of drug-likeness (QED) is 0.816. The molecule has 2 nitrogen and oxygen atoms in total. The minimum Gasteiger partial charge on any atom is -0.333 e. The summed E-state index contributed by atoms with van der Waals surface area (Å²) in [7, 11) is 0. The van der Waals surface area contributed by atoms with Crippen molar-refractivity contribution >= 4 is 5.91 Å². The third-order valence-electron chi connectivity index (χ3n) is 4.68. The molecule has 1 amide bonds. The van der Waals surface area contributed by atoms with Crippen molar-refractivity contribution in [3.05, 3.63) is 71.5 Å². The Morgan fingerprint density at radius 2 is 1.78 bits per heavy atom. The molecule has 1 fully saturated rings. The maximum absolute atomic E-state index is 13.9. The lowest BCUT2D eigenvalue weighted by Crippen LogP contribution is -2.45. The molecule has 0 saturated carbocycles. The first-order chi connectivity index (χ1) is 11.2. The summed E-state index contributed by atoms with van der Waals surface area (Å²) in [6, 6.07) is 17.0. The molecule has 0 unspecified atom stereocenters. The highest BCUT2D eigenvalue weighted by atomic mass is 19.1. The molecule has 23 heavy (non-hydrogen) atoms. The van der Waals surface area contributed by atoms with Gasteiger partial charge in [-0.2, -0.15) is 0 Å². The fourth-order valence-corrected chi connectivity index (χ4v) is 3.51. The third-order valence-corrected chi connectivity index (χ3v) is 4.68. The molecule has 2 aromatic carbocycles. The highest BCUT2D eigenvalue weighted by molar-refractivity contribution is 5.79. The van der Waals surface area contributed by atoms with Gasteiger partial charge in [-0.25, -0.2) is 4.39 Å². The fraction of sp³-hybridized carbons (Fsp3) is 0.350. The molecule has 0 bridgehead atoms. The number of halogens is 1. The number of hydrogen-bond acceptors (Lipinski definition) is 1. The highest BCUT2D eigenvalue weighted by Crippen LogP contribution is 2.34. The molecular weight excluding hydrogens is 289 g/mol. The average Bonchev–Trinajstić information content (AvgIpc) is 2.57. The van der Waals surface area contributed by atoms with Crippen molar-refractivity contribution in [2.45, 2.75) is 44.7 Å². The molecule has 3 rings (SSSR count). The molecule has 1 heterocycles. The van der Waals surface area contributed by atoms with Gasteiger partial charge in [0.15, 0.2) is 0 Å². The Hall–Kier alpha value is -2.16. The van der Waals surface area contributed by atoms with Crippen LogP contribution >= 0.6 is 0 Å². The van der Waals surface area contributed by atoms with E-state index in [4.69, 9.17) is 0 Å². The van der Waals surface area contributed by atoms with Crippen LogP contribution in [0, 0.1) is 5.82 Å². The van der Waals surface area contributed by atoms with Crippen LogP contribution in [0.4, 0.5) is 4.39 Å². The number of amides is 1. The lowest BCUT2D eigenvalue weighted by Gasteiger charge is -2.41. The Kier molecular flexibility index (Phi) is 4.75. The van der Waals surface area contributed by atoms with Crippen LogP contribution in [0.25, 0.3) is 0 Å². The number of hydrogen-bond donors (Lipinski definition) is 0. The number of likely N-dealkylation sites (tertiary alicyclic amines) is 1. The summed E-state index contributed by atoms with van der Waals surface area (Å²) >= 11 is 0. The number of rotatable bonds is 3. The maximum atomic E-state index is 13.9. The van der Waals surface area contributed by atoms with E-state index in [0.717, 1.165) is 19.3 Å². The average molecular weight is 311 g/mol. The van der Waals surface area contributed by atoms with Crippen molar-refractivity contribution in [2.75, 3.05) is 0 Å². The summed E-state index contributed by atoms with van der Waals surface area (Å²) < 4.78 is 13.9. The molecule has 1 aliphatic heterocycles. The molecule has 2 atom stereocenters. The predicted molar refractivity (Wildman–Crippen MR) is 89.4 cm³/mol. The van der Waals surface area contributed by atoms with Gasteiger partial charge in [-0.05, 0) is 43.4 Å². The summed E-state index contributed by atoms with van der Waals surface area (Å²) in [5, 5.41) is 0. The SMILES string of the molecule is C[C@H]1CCC[C@@H](c2ccccc2)N1C(=O)Cc1ccccc1F. The van der Waals surface area contributed by atoms with Crippen LogP contribution in [0.15, 0.2) is 54.6 Å². The van der Waals surface area contributed by atoms with E-state index in [1.807, 2.05) is 23.1 Å². The summed E-state index contributed by atoms with van der Waals surface area (Å²) in [5.41, 5.74) is 1.64. The number of nitrogens with zero attached hydrogens (tertiary/aromatic N) is 1. The van der Waals surface area contributed by atoms with Crippen molar-refractivity contribution in [3.8, 4) is 0 Å². The van der Waals surface area contributed by atoms with Crippen molar-refractivity contribution in [1.82, 2.24) is 4.90 Å². The second kappa shape index (κ2) is 6.95. The number of carbonyl (C=O) groups excluding carboxylic acids is 1. The van der Waals surface area contributed by atoms with Crippen LogP contribution in [0.1, 0.15) is 43.4 Å². The first kappa shape index (κ1) is 15.7. The Labute approximate surface area is 136 Å². The summed E-state index contributed by atoms with van der Waals surface area (Å²) in [5.74, 6) is -0.294. The second-order valence-electron chi connectivity index (χ2n) is 6.28. The van der Waals surface area contributed by atoms with Gasteiger partial charge in [-0.3, -0.25) is 4.79 Å². The molecule has 2 aromatic rings. The second-order valence-corrected chi connectivity index (χ2v) is 6.28. The van der Waals surface area contributed by atoms with Gasteiger partial charge in [-0.15, -0.1) is 0 Å². The van der Waals surface area contributed by atoms with E-state index in [2.05, 4.69) is 19.1 Å². The van der Waals surface area contributed by atoms with Crippen molar-refractivity contribution in [2.24, 2.45) is 0 Å². The van der Waals surface area contributed by atoms with Gasteiger partial charge in [0.05, 0.1) is 12.5 Å². The summed E-state index contributed by atoms with van der Waals surface area (Å²) in [4.78, 5) is 14.8. The summed E-state index contributed by atoms with van der Waals surface area (Å²) in [6.07, 6.45) is 3.22. The monoisotopic (exact) mass is 311 g/mol. The molecular formula is C20H22FNO. The summed E-state index contributed by atoms with van der Waals surface area (Å²) in [6.45, 7) is 2.09. The topological polar surface area (TPSA) is 20.3 Å². The normalized spacial score (nSPS) is 21.2. The van der Waals surface area contributed by atoms with E-state index in [-0.39, 0.29) is 30.2 Å². The standard InChI is InChI=1S/C20H22FNO/c1-15-8-7-13-19(16-9-3-2-4-10-16)22(15)20(23)14-17-11-5-6-12-18(17)21/h2-6,9-12,15,19H,7-8,13-14H2,1H3/t15-,19-/m0/s1. The first-order valence-corrected chi connectivity index (χ1v) is 8.26. The van der Waals surface area contributed by atoms with Crippen LogP contribution in [-0.2, 0) is 11.2 Å². The van der Waals surface area contributed by atoms with Crippen LogP contribution in [0.3, 0.4) is 0 Å². The van der Waals surface area contributed by atoms with Gasteiger partial charge in [0.2, 0.25) is 5.91 Å². The zero-order valence-electron chi connectivity index (χ0n) is 13.4. The van der Waals surface area contributed by atoms with Crippen LogP contribution in [-0.4, -0.2) is 16.8 Å². The van der Waals surface area contributed by atoms with Crippen LogP contribution in [0.2, 0.25) is 0 Å². The van der Waals surface area contributed by atoms with Gasteiger partial charge < -0.3 is 4.90 Å². The Balaban J connectivity index is 1.84. The van der Waals surface area contributed by atoms with E-state index in [1.54, 1.807) is 18.2 Å². The zero-order chi connectivity index (χ0) is 16.2. The van der Waals surface area contributed by atoms with Crippen molar-refractivity contribution < 1.29 is 9.18 Å². The van der Waals surface area contributed by atoms with E-state index < -0.39 is 0 Å². The molecule has 1 saturated heterocycles. The van der Waals surface area contributed by atoms with Gasteiger partial charge in [0.25, 0.3) is 0 Å². The van der Waals surface area contributed by atoms with Crippen LogP contribution < -0.4 is 0 Å². The maximum Gasteiger partial charge on any atom is 0.227 e. The molecule has 0 spiro atoms. The molecule has 1 aliphatic rings. The zero-order valence-corrected chi connectivity index (χ0v) is 13.4. The lowest BCUT2D eigenvalue weighted by atomic mass is 9.90. The van der Waals surface area contributed by atoms with Crippen LogP contribution in [0.5, 0.6) is 0 Å². The van der Waals surface area contributed by atoms with Crippen molar-refractivity contribution in [1.29, 1.82) is 0 Å². The van der Waals surface area contributed by atoms with E-state index in [1.165, 1.54) is 11.6 Å². The molecule has 3 heteroatoms. The number of benzene rings is 2. The molecule has 0 N–H and O–H groups in total. The minimum absolute atomic E-state index is 0.0103. The van der Waals surface area contributed by atoms with E-state index >= 15 is 0 Å². The van der Waals surface area contributed by atoms with Gasteiger partial charge >= 0.3 is 0 Å². The minimum atomic E-state index is -0.304.